The lowest BCUT2D eigenvalue weighted by atomic mass is 10.0. The first-order valence-corrected chi connectivity index (χ1v) is 10.2. The number of carbonyl (C=O) groups excluding carboxylic acids is 1. The van der Waals surface area contributed by atoms with Gasteiger partial charge >= 0.3 is 0 Å². The summed E-state index contributed by atoms with van der Waals surface area (Å²) in [6.07, 6.45) is 3.16. The fraction of sp³-hybridized carbons (Fsp3) is 0.304. The molecule has 1 saturated heterocycles. The van der Waals surface area contributed by atoms with Crippen molar-refractivity contribution in [1.82, 2.24) is 20.0 Å². The zero-order chi connectivity index (χ0) is 21.4. The third-order valence-electron chi connectivity index (χ3n) is 5.71. The summed E-state index contributed by atoms with van der Waals surface area (Å²) < 4.78 is 16.9. The van der Waals surface area contributed by atoms with E-state index in [0.29, 0.717) is 37.1 Å². The first-order valence-electron chi connectivity index (χ1n) is 10.2. The smallest absolute Gasteiger partial charge is 0.257 e. The second-order valence-corrected chi connectivity index (χ2v) is 7.69. The molecular weight excluding hydrogens is 396 g/mol. The summed E-state index contributed by atoms with van der Waals surface area (Å²) in [6, 6.07) is 9.57. The highest BCUT2D eigenvalue weighted by atomic mass is 16.5. The number of aromatic nitrogens is 3. The molecule has 31 heavy (non-hydrogen) atoms. The van der Waals surface area contributed by atoms with Crippen LogP contribution in [0.5, 0.6) is 0 Å². The number of rotatable bonds is 4. The zero-order valence-electron chi connectivity index (χ0n) is 17.4. The van der Waals surface area contributed by atoms with E-state index in [2.05, 4.69) is 21.2 Å². The van der Waals surface area contributed by atoms with Gasteiger partial charge < -0.3 is 18.6 Å². The summed E-state index contributed by atoms with van der Waals surface area (Å²) in [4.78, 5) is 23.4. The first kappa shape index (κ1) is 19.4. The minimum Gasteiger partial charge on any atom is -0.464 e. The molecule has 4 heterocycles. The Balaban J connectivity index is 1.30. The number of morpholine rings is 1. The van der Waals surface area contributed by atoms with Crippen LogP contribution in [0.1, 0.15) is 28.7 Å². The number of fused-ring (bicyclic) bond motifs is 1. The number of benzene rings is 1. The molecule has 1 unspecified atom stereocenters. The van der Waals surface area contributed by atoms with Gasteiger partial charge in [-0.25, -0.2) is 0 Å². The van der Waals surface area contributed by atoms with E-state index >= 15 is 0 Å². The predicted molar refractivity (Wildman–Crippen MR) is 112 cm³/mol. The third kappa shape index (κ3) is 3.70. The molecule has 1 atom stereocenters. The number of furan rings is 1. The molecule has 1 aliphatic heterocycles. The summed E-state index contributed by atoms with van der Waals surface area (Å²) in [6.45, 7) is 5.36. The van der Waals surface area contributed by atoms with Gasteiger partial charge in [-0.15, -0.1) is 0 Å². The van der Waals surface area contributed by atoms with Crippen molar-refractivity contribution in [3.05, 3.63) is 65.4 Å². The van der Waals surface area contributed by atoms with Gasteiger partial charge in [0.2, 0.25) is 11.7 Å². The quantitative estimate of drug-likeness (QED) is 0.499. The number of carbonyl (C=O) groups is 1. The molecule has 0 aliphatic carbocycles. The van der Waals surface area contributed by atoms with E-state index in [1.165, 1.54) is 5.56 Å². The summed E-state index contributed by atoms with van der Waals surface area (Å²) in [5.41, 5.74) is 4.62. The average molecular weight is 418 g/mol. The number of ether oxygens (including phenoxy) is 1. The molecule has 1 aromatic carbocycles. The fourth-order valence-electron chi connectivity index (χ4n) is 3.79. The number of hydrogen-bond acceptors (Lipinski definition) is 7. The summed E-state index contributed by atoms with van der Waals surface area (Å²) in [5.74, 6) is 0.759. The van der Waals surface area contributed by atoms with Crippen LogP contribution in [0.3, 0.4) is 0 Å². The molecule has 1 amide bonds. The van der Waals surface area contributed by atoms with Gasteiger partial charge in [0, 0.05) is 23.7 Å². The van der Waals surface area contributed by atoms with Crippen molar-refractivity contribution in [2.24, 2.45) is 0 Å². The molecule has 158 valence electrons. The topological polar surface area (TPSA) is 94.5 Å². The van der Waals surface area contributed by atoms with E-state index in [1.807, 2.05) is 38.1 Å². The van der Waals surface area contributed by atoms with Gasteiger partial charge in [0.15, 0.2) is 6.10 Å². The largest absolute Gasteiger partial charge is 0.464 e. The second-order valence-electron chi connectivity index (χ2n) is 7.69. The Morgan fingerprint density at radius 3 is 2.97 bits per heavy atom. The highest BCUT2D eigenvalue weighted by molar-refractivity contribution is 5.89. The normalized spacial score (nSPS) is 16.7. The van der Waals surface area contributed by atoms with Crippen LogP contribution in [0.25, 0.3) is 22.5 Å². The maximum Gasteiger partial charge on any atom is 0.257 e. The Kier molecular flexibility index (Phi) is 4.99. The molecule has 0 spiro atoms. The van der Waals surface area contributed by atoms with Gasteiger partial charge in [-0.3, -0.25) is 9.78 Å². The van der Waals surface area contributed by atoms with Crippen LogP contribution in [0, 0.1) is 13.8 Å². The van der Waals surface area contributed by atoms with Gasteiger partial charge in [-0.1, -0.05) is 23.4 Å². The fourth-order valence-corrected chi connectivity index (χ4v) is 3.79. The van der Waals surface area contributed by atoms with Crippen molar-refractivity contribution < 1.29 is 18.5 Å². The SMILES string of the molecule is Cc1ccc2c(CC(=O)N3CCOC(c4nc(-c5ccccn5)no4)C3)coc2c1C. The van der Waals surface area contributed by atoms with Gasteiger partial charge in [-0.05, 0) is 37.1 Å². The number of nitrogens with zero attached hydrogens (tertiary/aromatic N) is 4. The molecule has 1 fully saturated rings. The van der Waals surface area contributed by atoms with Gasteiger partial charge in [0.05, 0.1) is 25.8 Å². The minimum atomic E-state index is -0.464. The predicted octanol–water partition coefficient (Wildman–Crippen LogP) is 3.64. The molecule has 8 nitrogen and oxygen atoms in total. The summed E-state index contributed by atoms with van der Waals surface area (Å²) in [5, 5.41) is 4.98. The zero-order valence-corrected chi connectivity index (χ0v) is 17.4. The van der Waals surface area contributed by atoms with Crippen LogP contribution in [-0.2, 0) is 16.0 Å². The van der Waals surface area contributed by atoms with Crippen LogP contribution in [-0.4, -0.2) is 45.6 Å². The lowest BCUT2D eigenvalue weighted by molar-refractivity contribution is -0.139. The number of amides is 1. The molecule has 0 radical (unpaired) electrons. The van der Waals surface area contributed by atoms with E-state index in [4.69, 9.17) is 13.7 Å². The van der Waals surface area contributed by atoms with Crippen molar-refractivity contribution in [3.8, 4) is 11.5 Å². The molecule has 0 bridgehead atoms. The van der Waals surface area contributed by atoms with Crippen LogP contribution in [0.4, 0.5) is 0 Å². The van der Waals surface area contributed by atoms with Gasteiger partial charge in [-0.2, -0.15) is 4.98 Å². The monoisotopic (exact) mass is 418 g/mol. The minimum absolute atomic E-state index is 0.0127. The number of aryl methyl sites for hydroxylation is 2. The first-order chi connectivity index (χ1) is 15.1. The Morgan fingerprint density at radius 2 is 2.13 bits per heavy atom. The van der Waals surface area contributed by atoms with Crippen LogP contribution in [0.15, 0.2) is 51.7 Å². The van der Waals surface area contributed by atoms with Crippen molar-refractivity contribution in [1.29, 1.82) is 0 Å². The van der Waals surface area contributed by atoms with Gasteiger partial charge in [0.25, 0.3) is 5.89 Å². The lowest BCUT2D eigenvalue weighted by Gasteiger charge is -2.31. The number of hydrogen-bond donors (Lipinski definition) is 0. The van der Waals surface area contributed by atoms with Crippen molar-refractivity contribution in [2.45, 2.75) is 26.4 Å². The van der Waals surface area contributed by atoms with E-state index in [9.17, 15) is 4.79 Å². The van der Waals surface area contributed by atoms with E-state index in [0.717, 1.165) is 22.1 Å². The standard InChI is InChI=1S/C23H22N4O4/c1-14-6-7-17-16(13-30-21(17)15(14)2)11-20(28)27-9-10-29-19(12-27)23-25-22(26-31-23)18-5-3-4-8-24-18/h3-8,13,19H,9-12H2,1-2H3. The highest BCUT2D eigenvalue weighted by Gasteiger charge is 2.30. The molecule has 4 aromatic rings. The molecule has 0 N–H and O–H groups in total. The van der Waals surface area contributed by atoms with Gasteiger partial charge in [0.1, 0.15) is 11.3 Å². The molecule has 3 aromatic heterocycles. The molecular formula is C23H22N4O4. The summed E-state index contributed by atoms with van der Waals surface area (Å²) >= 11 is 0. The van der Waals surface area contributed by atoms with Crippen molar-refractivity contribution >= 4 is 16.9 Å². The van der Waals surface area contributed by atoms with Crippen LogP contribution < -0.4 is 0 Å². The van der Waals surface area contributed by atoms with Crippen LogP contribution >= 0.6 is 0 Å². The summed E-state index contributed by atoms with van der Waals surface area (Å²) in [7, 11) is 0. The maximum absolute atomic E-state index is 13.0. The Hall–Kier alpha value is -3.52. The van der Waals surface area contributed by atoms with Crippen molar-refractivity contribution in [3.63, 3.8) is 0 Å². The molecule has 1 aliphatic rings. The molecule has 5 rings (SSSR count). The Labute approximate surface area is 178 Å². The Bertz CT molecular complexity index is 1230. The highest BCUT2D eigenvalue weighted by Crippen LogP contribution is 2.28. The van der Waals surface area contributed by atoms with E-state index in [1.54, 1.807) is 17.4 Å². The van der Waals surface area contributed by atoms with E-state index in [-0.39, 0.29) is 12.3 Å². The average Bonchev–Trinajstić information content (AvgIpc) is 3.45. The molecule has 0 saturated carbocycles. The Morgan fingerprint density at radius 1 is 1.23 bits per heavy atom. The van der Waals surface area contributed by atoms with Crippen LogP contribution in [0.2, 0.25) is 0 Å². The molecule has 8 heteroatoms. The maximum atomic E-state index is 13.0. The number of pyridine rings is 1. The van der Waals surface area contributed by atoms with Crippen molar-refractivity contribution in [2.75, 3.05) is 19.7 Å². The second kappa shape index (κ2) is 7.96. The third-order valence-corrected chi connectivity index (χ3v) is 5.71. The van der Waals surface area contributed by atoms with E-state index < -0.39 is 6.10 Å². The lowest BCUT2D eigenvalue weighted by Crippen LogP contribution is -2.43.